The lowest BCUT2D eigenvalue weighted by Crippen LogP contribution is -2.02. The average molecular weight is 229 g/mol. The van der Waals surface area contributed by atoms with Crippen LogP contribution in [0.3, 0.4) is 0 Å². The largest absolute Gasteiger partial charge is 0.465 e. The van der Waals surface area contributed by atoms with Gasteiger partial charge in [-0.1, -0.05) is 6.07 Å². The molecule has 0 aliphatic heterocycles. The lowest BCUT2D eigenvalue weighted by molar-refractivity contribution is 0.0601. The quantitative estimate of drug-likeness (QED) is 0.815. The number of hydrogen-bond acceptors (Lipinski definition) is 5. The van der Waals surface area contributed by atoms with Gasteiger partial charge in [-0.15, -0.1) is 0 Å². The predicted octanol–water partition coefficient (Wildman–Crippen LogP) is 2.01. The first-order chi connectivity index (χ1) is 8.29. The number of carbonyl (C=O) groups excluding carboxylic acids is 1. The Morgan fingerprint density at radius 1 is 1.24 bits per heavy atom. The van der Waals surface area contributed by atoms with Crippen molar-refractivity contribution < 1.29 is 9.53 Å². The number of benzene rings is 1. The number of hydrogen-bond donors (Lipinski definition) is 1. The molecule has 1 aromatic carbocycles. The minimum absolute atomic E-state index is 0.373. The zero-order valence-electron chi connectivity index (χ0n) is 9.25. The summed E-state index contributed by atoms with van der Waals surface area (Å²) in [4.78, 5) is 19.4. The third-order valence-corrected chi connectivity index (χ3v) is 2.11. The van der Waals surface area contributed by atoms with E-state index >= 15 is 0 Å². The third-order valence-electron chi connectivity index (χ3n) is 2.11. The Hall–Kier alpha value is -2.43. The van der Waals surface area contributed by atoms with Crippen molar-refractivity contribution >= 4 is 17.6 Å². The van der Waals surface area contributed by atoms with E-state index in [0.29, 0.717) is 11.5 Å². The molecule has 0 unspecified atom stereocenters. The summed E-state index contributed by atoms with van der Waals surface area (Å²) in [6.07, 6.45) is 3.28. The summed E-state index contributed by atoms with van der Waals surface area (Å²) in [5.74, 6) is 0.108. The van der Waals surface area contributed by atoms with Gasteiger partial charge in [0.25, 0.3) is 0 Å². The van der Waals surface area contributed by atoms with Crippen LogP contribution < -0.4 is 5.32 Å². The first-order valence-electron chi connectivity index (χ1n) is 5.02. The molecule has 1 heterocycles. The first kappa shape index (κ1) is 11.1. The van der Waals surface area contributed by atoms with E-state index in [2.05, 4.69) is 20.0 Å². The second-order valence-corrected chi connectivity index (χ2v) is 3.27. The predicted molar refractivity (Wildman–Crippen MR) is 63.1 cm³/mol. The maximum atomic E-state index is 11.3. The molecule has 5 heteroatoms. The normalized spacial score (nSPS) is 9.71. The summed E-state index contributed by atoms with van der Waals surface area (Å²) in [5.41, 5.74) is 1.22. The molecule has 0 atom stereocenters. The van der Waals surface area contributed by atoms with E-state index in [1.165, 1.54) is 7.11 Å². The van der Waals surface area contributed by atoms with E-state index in [9.17, 15) is 4.79 Å². The SMILES string of the molecule is COC(=O)c1cccc(Nc2ncccn2)c1. The Morgan fingerprint density at radius 3 is 2.71 bits per heavy atom. The van der Waals surface area contributed by atoms with Crippen molar-refractivity contribution in [2.24, 2.45) is 0 Å². The Kier molecular flexibility index (Phi) is 3.30. The zero-order valence-corrected chi connectivity index (χ0v) is 9.25. The highest BCUT2D eigenvalue weighted by Gasteiger charge is 2.05. The Balaban J connectivity index is 2.20. The van der Waals surface area contributed by atoms with E-state index in [1.807, 2.05) is 6.07 Å². The number of aromatic nitrogens is 2. The number of nitrogens with one attached hydrogen (secondary N) is 1. The first-order valence-corrected chi connectivity index (χ1v) is 5.02. The van der Waals surface area contributed by atoms with Crippen molar-refractivity contribution in [1.29, 1.82) is 0 Å². The third kappa shape index (κ3) is 2.78. The number of methoxy groups -OCH3 is 1. The molecule has 1 aromatic heterocycles. The maximum Gasteiger partial charge on any atom is 0.337 e. The van der Waals surface area contributed by atoms with Gasteiger partial charge < -0.3 is 10.1 Å². The Morgan fingerprint density at radius 2 is 2.00 bits per heavy atom. The minimum atomic E-state index is -0.373. The molecule has 86 valence electrons. The Bertz CT molecular complexity index is 514. The van der Waals surface area contributed by atoms with Gasteiger partial charge in [0.2, 0.25) is 5.95 Å². The van der Waals surface area contributed by atoms with Crippen molar-refractivity contribution in [2.45, 2.75) is 0 Å². The number of esters is 1. The van der Waals surface area contributed by atoms with Gasteiger partial charge >= 0.3 is 5.97 Å². The van der Waals surface area contributed by atoms with Gasteiger partial charge in [-0.2, -0.15) is 0 Å². The van der Waals surface area contributed by atoms with Crippen LogP contribution in [0, 0.1) is 0 Å². The van der Waals surface area contributed by atoms with E-state index in [0.717, 1.165) is 5.69 Å². The summed E-state index contributed by atoms with van der Waals surface area (Å²) in [7, 11) is 1.35. The van der Waals surface area contributed by atoms with Gasteiger partial charge in [0.1, 0.15) is 0 Å². The Labute approximate surface area is 98.5 Å². The van der Waals surface area contributed by atoms with Crippen LogP contribution in [0.2, 0.25) is 0 Å². The molecule has 0 bridgehead atoms. The van der Waals surface area contributed by atoms with Gasteiger partial charge in [-0.05, 0) is 24.3 Å². The van der Waals surface area contributed by atoms with Crippen LogP contribution in [-0.2, 0) is 4.74 Å². The maximum absolute atomic E-state index is 11.3. The zero-order chi connectivity index (χ0) is 12.1. The minimum Gasteiger partial charge on any atom is -0.465 e. The summed E-state index contributed by atoms with van der Waals surface area (Å²) in [6, 6.07) is 8.68. The van der Waals surface area contributed by atoms with Crippen LogP contribution in [0.5, 0.6) is 0 Å². The highest BCUT2D eigenvalue weighted by atomic mass is 16.5. The topological polar surface area (TPSA) is 64.1 Å². The van der Waals surface area contributed by atoms with Crippen LogP contribution in [0.4, 0.5) is 11.6 Å². The van der Waals surface area contributed by atoms with Crippen LogP contribution in [0.15, 0.2) is 42.7 Å². The van der Waals surface area contributed by atoms with Crippen molar-refractivity contribution in [3.63, 3.8) is 0 Å². The molecule has 5 nitrogen and oxygen atoms in total. The highest BCUT2D eigenvalue weighted by Crippen LogP contribution is 2.14. The van der Waals surface area contributed by atoms with E-state index in [-0.39, 0.29) is 5.97 Å². The van der Waals surface area contributed by atoms with Crippen molar-refractivity contribution in [3.8, 4) is 0 Å². The monoisotopic (exact) mass is 229 g/mol. The van der Waals surface area contributed by atoms with Gasteiger partial charge in [0.05, 0.1) is 12.7 Å². The van der Waals surface area contributed by atoms with Crippen molar-refractivity contribution in [1.82, 2.24) is 9.97 Å². The molecule has 2 rings (SSSR count). The van der Waals surface area contributed by atoms with Gasteiger partial charge in [-0.3, -0.25) is 0 Å². The molecule has 0 saturated heterocycles. The van der Waals surface area contributed by atoms with E-state index in [1.54, 1.807) is 36.7 Å². The van der Waals surface area contributed by atoms with Gasteiger partial charge in [0.15, 0.2) is 0 Å². The molecule has 0 aliphatic rings. The smallest absolute Gasteiger partial charge is 0.337 e. The molecular formula is C12H11N3O2. The number of carbonyl (C=O) groups is 1. The number of anilines is 2. The highest BCUT2D eigenvalue weighted by molar-refractivity contribution is 5.90. The van der Waals surface area contributed by atoms with Crippen molar-refractivity contribution in [2.75, 3.05) is 12.4 Å². The summed E-state index contributed by atoms with van der Waals surface area (Å²) >= 11 is 0. The van der Waals surface area contributed by atoms with Crippen LogP contribution in [0.1, 0.15) is 10.4 Å². The van der Waals surface area contributed by atoms with Gasteiger partial charge in [0, 0.05) is 18.1 Å². The molecule has 0 amide bonds. The van der Waals surface area contributed by atoms with Crippen molar-refractivity contribution in [3.05, 3.63) is 48.3 Å². The van der Waals surface area contributed by atoms with Crippen LogP contribution in [-0.4, -0.2) is 23.0 Å². The molecule has 0 spiro atoms. The molecule has 0 saturated carbocycles. The van der Waals surface area contributed by atoms with Crippen LogP contribution >= 0.6 is 0 Å². The standard InChI is InChI=1S/C12H11N3O2/c1-17-11(16)9-4-2-5-10(8-9)15-12-13-6-3-7-14-12/h2-8H,1H3,(H,13,14,15). The van der Waals surface area contributed by atoms with Crippen LogP contribution in [0.25, 0.3) is 0 Å². The second-order valence-electron chi connectivity index (χ2n) is 3.27. The fraction of sp³-hybridized carbons (Fsp3) is 0.0833. The molecule has 1 N–H and O–H groups in total. The summed E-state index contributed by atoms with van der Waals surface area (Å²) < 4.78 is 4.64. The molecule has 0 aliphatic carbocycles. The number of nitrogens with zero attached hydrogens (tertiary/aromatic N) is 2. The van der Waals surface area contributed by atoms with E-state index < -0.39 is 0 Å². The average Bonchev–Trinajstić information content (AvgIpc) is 2.39. The summed E-state index contributed by atoms with van der Waals surface area (Å²) in [5, 5.41) is 2.99. The lowest BCUT2D eigenvalue weighted by Gasteiger charge is -2.05. The van der Waals surface area contributed by atoms with Gasteiger partial charge in [-0.25, -0.2) is 14.8 Å². The second kappa shape index (κ2) is 5.07. The molecule has 0 fully saturated rings. The summed E-state index contributed by atoms with van der Waals surface area (Å²) in [6.45, 7) is 0. The number of ether oxygens (including phenoxy) is 1. The molecule has 2 aromatic rings. The molecule has 0 radical (unpaired) electrons. The fourth-order valence-electron chi connectivity index (χ4n) is 1.33. The molecular weight excluding hydrogens is 218 g/mol. The fourth-order valence-corrected chi connectivity index (χ4v) is 1.33. The number of rotatable bonds is 3. The lowest BCUT2D eigenvalue weighted by atomic mass is 10.2. The molecule has 17 heavy (non-hydrogen) atoms. The van der Waals surface area contributed by atoms with E-state index in [4.69, 9.17) is 0 Å².